The molecule has 0 bridgehead atoms. The van der Waals surface area contributed by atoms with Gasteiger partial charge in [0.15, 0.2) is 0 Å². The first-order valence-electron chi connectivity index (χ1n) is 5.77. The molecule has 6 heteroatoms. The standard InChI is InChI=1S/C12H19BrN2O2S/c1-10(13)12(2,3)15-18(16,17)9-6-11-4-7-14-8-5-11/h4-5,7-8,10,15H,6,9H2,1-3H3. The highest BCUT2D eigenvalue weighted by molar-refractivity contribution is 9.09. The van der Waals surface area contributed by atoms with Gasteiger partial charge in [0.2, 0.25) is 10.0 Å². The molecule has 0 aromatic carbocycles. The van der Waals surface area contributed by atoms with Crippen molar-refractivity contribution in [1.82, 2.24) is 9.71 Å². The Balaban J connectivity index is 2.61. The Hall–Kier alpha value is -0.460. The monoisotopic (exact) mass is 334 g/mol. The lowest BCUT2D eigenvalue weighted by molar-refractivity contribution is 0.454. The van der Waals surface area contributed by atoms with E-state index >= 15 is 0 Å². The molecule has 0 aliphatic carbocycles. The minimum absolute atomic E-state index is 0.0562. The van der Waals surface area contributed by atoms with Crippen molar-refractivity contribution in [3.63, 3.8) is 0 Å². The summed E-state index contributed by atoms with van der Waals surface area (Å²) in [7, 11) is -3.28. The molecule has 0 saturated carbocycles. The van der Waals surface area contributed by atoms with Crippen LogP contribution in [0.5, 0.6) is 0 Å². The van der Waals surface area contributed by atoms with E-state index in [1.165, 1.54) is 0 Å². The van der Waals surface area contributed by atoms with E-state index in [-0.39, 0.29) is 10.6 Å². The van der Waals surface area contributed by atoms with Crippen molar-refractivity contribution in [1.29, 1.82) is 0 Å². The highest BCUT2D eigenvalue weighted by Crippen LogP contribution is 2.18. The fourth-order valence-electron chi connectivity index (χ4n) is 1.33. The molecule has 1 heterocycles. The minimum atomic E-state index is -3.28. The Morgan fingerprint density at radius 1 is 1.39 bits per heavy atom. The number of nitrogens with one attached hydrogen (secondary N) is 1. The zero-order chi connectivity index (χ0) is 13.8. The van der Waals surface area contributed by atoms with Gasteiger partial charge in [0.05, 0.1) is 5.75 Å². The maximum absolute atomic E-state index is 12.0. The predicted molar refractivity (Wildman–Crippen MR) is 77.3 cm³/mol. The number of pyridine rings is 1. The Bertz CT molecular complexity index is 472. The van der Waals surface area contributed by atoms with Crippen LogP contribution < -0.4 is 4.72 Å². The van der Waals surface area contributed by atoms with Gasteiger partial charge in [-0.3, -0.25) is 4.98 Å². The molecule has 0 aliphatic heterocycles. The van der Waals surface area contributed by atoms with E-state index < -0.39 is 15.6 Å². The van der Waals surface area contributed by atoms with E-state index in [0.717, 1.165) is 5.56 Å². The van der Waals surface area contributed by atoms with Crippen LogP contribution in [0.2, 0.25) is 0 Å². The number of aromatic nitrogens is 1. The normalized spacial score (nSPS) is 14.4. The van der Waals surface area contributed by atoms with Crippen molar-refractivity contribution < 1.29 is 8.42 Å². The lowest BCUT2D eigenvalue weighted by Crippen LogP contribution is -2.49. The van der Waals surface area contributed by atoms with Crippen LogP contribution >= 0.6 is 15.9 Å². The van der Waals surface area contributed by atoms with Gasteiger partial charge < -0.3 is 0 Å². The maximum Gasteiger partial charge on any atom is 0.212 e. The van der Waals surface area contributed by atoms with Gasteiger partial charge in [-0.25, -0.2) is 13.1 Å². The summed E-state index contributed by atoms with van der Waals surface area (Å²) in [5, 5.41) is 0. The zero-order valence-corrected chi connectivity index (χ0v) is 13.3. The zero-order valence-electron chi connectivity index (χ0n) is 10.9. The maximum atomic E-state index is 12.0. The van der Waals surface area contributed by atoms with Crippen LogP contribution in [0.1, 0.15) is 26.3 Å². The molecule has 0 saturated heterocycles. The third-order valence-corrected chi connectivity index (χ3v) is 5.55. The van der Waals surface area contributed by atoms with Crippen molar-refractivity contribution in [3.05, 3.63) is 30.1 Å². The van der Waals surface area contributed by atoms with Gasteiger partial charge in [0, 0.05) is 22.8 Å². The molecule has 0 amide bonds. The SMILES string of the molecule is CC(Br)C(C)(C)NS(=O)(=O)CCc1ccncc1. The van der Waals surface area contributed by atoms with Crippen LogP contribution in [0.25, 0.3) is 0 Å². The second-order valence-electron chi connectivity index (χ2n) is 4.86. The molecule has 1 rings (SSSR count). The van der Waals surface area contributed by atoms with Crippen molar-refractivity contribution in [2.24, 2.45) is 0 Å². The van der Waals surface area contributed by atoms with Gasteiger partial charge in [-0.1, -0.05) is 22.9 Å². The molecule has 4 nitrogen and oxygen atoms in total. The van der Waals surface area contributed by atoms with Gasteiger partial charge in [0.1, 0.15) is 0 Å². The quantitative estimate of drug-likeness (QED) is 0.810. The molecule has 0 spiro atoms. The average Bonchev–Trinajstić information content (AvgIpc) is 2.26. The summed E-state index contributed by atoms with van der Waals surface area (Å²) in [5.41, 5.74) is 0.469. The van der Waals surface area contributed by atoms with Gasteiger partial charge in [-0.15, -0.1) is 0 Å². The summed E-state index contributed by atoms with van der Waals surface area (Å²) in [4.78, 5) is 3.96. The summed E-state index contributed by atoms with van der Waals surface area (Å²) < 4.78 is 26.7. The van der Waals surface area contributed by atoms with Crippen LogP contribution in [0.3, 0.4) is 0 Å². The average molecular weight is 335 g/mol. The van der Waals surface area contributed by atoms with Gasteiger partial charge in [-0.2, -0.15) is 0 Å². The lowest BCUT2D eigenvalue weighted by atomic mass is 10.0. The van der Waals surface area contributed by atoms with Crippen LogP contribution in [0, 0.1) is 0 Å². The molecule has 1 aromatic heterocycles. The van der Waals surface area contributed by atoms with Crippen LogP contribution in [-0.2, 0) is 16.4 Å². The number of hydrogen-bond donors (Lipinski definition) is 1. The topological polar surface area (TPSA) is 59.1 Å². The molecule has 1 aromatic rings. The molecule has 0 aliphatic rings. The van der Waals surface area contributed by atoms with E-state index in [1.54, 1.807) is 12.4 Å². The fourth-order valence-corrected chi connectivity index (χ4v) is 3.19. The number of halogens is 1. The van der Waals surface area contributed by atoms with E-state index in [4.69, 9.17) is 0 Å². The first kappa shape index (κ1) is 15.6. The number of sulfonamides is 1. The van der Waals surface area contributed by atoms with E-state index in [2.05, 4.69) is 25.6 Å². The van der Waals surface area contributed by atoms with E-state index in [9.17, 15) is 8.42 Å². The molecular formula is C12H19BrN2O2S. The highest BCUT2D eigenvalue weighted by Gasteiger charge is 2.28. The fraction of sp³-hybridized carbons (Fsp3) is 0.583. The van der Waals surface area contributed by atoms with Gasteiger partial charge >= 0.3 is 0 Å². The van der Waals surface area contributed by atoms with E-state index in [0.29, 0.717) is 6.42 Å². The van der Waals surface area contributed by atoms with Crippen LogP contribution in [0.15, 0.2) is 24.5 Å². The third-order valence-electron chi connectivity index (χ3n) is 2.82. The van der Waals surface area contributed by atoms with Crippen molar-refractivity contribution in [2.75, 3.05) is 5.75 Å². The van der Waals surface area contributed by atoms with E-state index in [1.807, 2.05) is 32.9 Å². The summed E-state index contributed by atoms with van der Waals surface area (Å²) in [6.07, 6.45) is 3.82. The smallest absolute Gasteiger partial charge is 0.212 e. The molecule has 1 N–H and O–H groups in total. The first-order valence-corrected chi connectivity index (χ1v) is 8.34. The number of nitrogens with zero attached hydrogens (tertiary/aromatic N) is 1. The van der Waals surface area contributed by atoms with Crippen LogP contribution in [0.4, 0.5) is 0 Å². The van der Waals surface area contributed by atoms with Crippen LogP contribution in [-0.4, -0.2) is 29.5 Å². The van der Waals surface area contributed by atoms with Crippen molar-refractivity contribution in [2.45, 2.75) is 37.6 Å². The molecule has 18 heavy (non-hydrogen) atoms. The molecule has 1 unspecified atom stereocenters. The Morgan fingerprint density at radius 2 is 1.94 bits per heavy atom. The first-order chi connectivity index (χ1) is 8.23. The number of hydrogen-bond acceptors (Lipinski definition) is 3. The molecule has 0 radical (unpaired) electrons. The summed E-state index contributed by atoms with van der Waals surface area (Å²) in [6.45, 7) is 5.64. The number of aryl methyl sites for hydroxylation is 1. The second-order valence-corrected chi connectivity index (χ2v) is 8.08. The van der Waals surface area contributed by atoms with Gasteiger partial charge in [-0.05, 0) is 38.0 Å². The number of rotatable bonds is 6. The van der Waals surface area contributed by atoms with Gasteiger partial charge in [0.25, 0.3) is 0 Å². The van der Waals surface area contributed by atoms with Crippen molar-refractivity contribution in [3.8, 4) is 0 Å². The predicted octanol–water partition coefficient (Wildman–Crippen LogP) is 2.11. The molecule has 0 fully saturated rings. The third kappa shape index (κ3) is 5.04. The summed E-state index contributed by atoms with van der Waals surface area (Å²) >= 11 is 3.41. The Kier molecular flexibility index (Phi) is 5.31. The highest BCUT2D eigenvalue weighted by atomic mass is 79.9. The second kappa shape index (κ2) is 6.12. The van der Waals surface area contributed by atoms with Crippen molar-refractivity contribution >= 4 is 26.0 Å². The molecule has 102 valence electrons. The summed E-state index contributed by atoms with van der Waals surface area (Å²) in [6, 6.07) is 3.65. The molecular weight excluding hydrogens is 316 g/mol. The Morgan fingerprint density at radius 3 is 2.44 bits per heavy atom. The molecule has 1 atom stereocenters. The summed E-state index contributed by atoms with van der Waals surface area (Å²) in [5.74, 6) is 0.0835. The Labute approximate surface area is 117 Å². The minimum Gasteiger partial charge on any atom is -0.265 e. The lowest BCUT2D eigenvalue weighted by Gasteiger charge is -2.28. The largest absolute Gasteiger partial charge is 0.265 e. The number of alkyl halides is 1.